The van der Waals surface area contributed by atoms with Gasteiger partial charge in [-0.05, 0) is 32.3 Å². The minimum absolute atomic E-state index is 0.166. The summed E-state index contributed by atoms with van der Waals surface area (Å²) in [5.74, 6) is 0.166. The maximum atomic E-state index is 11.1. The topological polar surface area (TPSA) is 17.1 Å². The van der Waals surface area contributed by atoms with Crippen molar-refractivity contribution in [2.45, 2.75) is 40.5 Å². The molecule has 0 amide bonds. The third kappa shape index (κ3) is 3.51. The lowest BCUT2D eigenvalue weighted by atomic mass is 10.0. The maximum Gasteiger partial charge on any atom is 0.159 e. The fourth-order valence-electron chi connectivity index (χ4n) is 1.20. The van der Waals surface area contributed by atoms with Crippen molar-refractivity contribution in [2.24, 2.45) is 0 Å². The molecule has 0 unspecified atom stereocenters. The van der Waals surface area contributed by atoms with Crippen molar-refractivity contribution in [3.63, 3.8) is 0 Å². The van der Waals surface area contributed by atoms with Gasteiger partial charge in [-0.3, -0.25) is 4.79 Å². The standard InChI is InChI=1S/C11H18O/c1-5-7-9(3)11(8-6-2)10(4)12/h7-8H,5-6H2,1-4H3/b9-7-,11-8+. The van der Waals surface area contributed by atoms with Gasteiger partial charge >= 0.3 is 0 Å². The number of carbonyl (C=O) groups is 1. The highest BCUT2D eigenvalue weighted by molar-refractivity contribution is 5.97. The summed E-state index contributed by atoms with van der Waals surface area (Å²) in [6.07, 6.45) is 5.98. The smallest absolute Gasteiger partial charge is 0.159 e. The van der Waals surface area contributed by atoms with Gasteiger partial charge in [-0.15, -0.1) is 0 Å². The molecule has 0 bridgehead atoms. The van der Waals surface area contributed by atoms with E-state index in [-0.39, 0.29) is 5.78 Å². The lowest BCUT2D eigenvalue weighted by Crippen LogP contribution is -1.97. The Morgan fingerprint density at radius 2 is 1.58 bits per heavy atom. The van der Waals surface area contributed by atoms with Gasteiger partial charge in [0, 0.05) is 5.57 Å². The van der Waals surface area contributed by atoms with E-state index in [1.807, 2.05) is 19.9 Å². The Balaban J connectivity index is 4.64. The van der Waals surface area contributed by atoms with Gasteiger partial charge in [0.15, 0.2) is 5.78 Å². The highest BCUT2D eigenvalue weighted by Gasteiger charge is 2.03. The largest absolute Gasteiger partial charge is 0.295 e. The van der Waals surface area contributed by atoms with E-state index in [1.165, 1.54) is 0 Å². The molecule has 0 rings (SSSR count). The van der Waals surface area contributed by atoms with Crippen molar-refractivity contribution in [1.82, 2.24) is 0 Å². The molecule has 0 radical (unpaired) electrons. The second kappa shape index (κ2) is 5.76. The zero-order chi connectivity index (χ0) is 9.56. The first-order valence-electron chi connectivity index (χ1n) is 4.51. The molecule has 0 aliphatic rings. The number of rotatable bonds is 4. The quantitative estimate of drug-likeness (QED) is 0.462. The van der Waals surface area contributed by atoms with E-state index in [9.17, 15) is 4.79 Å². The molecule has 0 N–H and O–H groups in total. The second-order valence-corrected chi connectivity index (χ2v) is 2.88. The summed E-state index contributed by atoms with van der Waals surface area (Å²) < 4.78 is 0. The molecule has 0 aromatic heterocycles. The summed E-state index contributed by atoms with van der Waals surface area (Å²) in [5.41, 5.74) is 1.98. The monoisotopic (exact) mass is 166 g/mol. The minimum Gasteiger partial charge on any atom is -0.295 e. The van der Waals surface area contributed by atoms with Crippen LogP contribution in [-0.2, 0) is 4.79 Å². The predicted molar refractivity (Wildman–Crippen MR) is 53.1 cm³/mol. The van der Waals surface area contributed by atoms with Crippen LogP contribution in [0, 0.1) is 0 Å². The highest BCUT2D eigenvalue weighted by Crippen LogP contribution is 2.11. The predicted octanol–water partition coefficient (Wildman–Crippen LogP) is 3.27. The van der Waals surface area contributed by atoms with Crippen LogP contribution in [0.4, 0.5) is 0 Å². The fourth-order valence-corrected chi connectivity index (χ4v) is 1.20. The van der Waals surface area contributed by atoms with Crippen LogP contribution >= 0.6 is 0 Å². The number of ketones is 1. The number of allylic oxidation sites excluding steroid dienone is 4. The van der Waals surface area contributed by atoms with Crippen molar-refractivity contribution < 1.29 is 4.79 Å². The Morgan fingerprint density at radius 3 is 1.92 bits per heavy atom. The number of Topliss-reactive ketones (excluding diaryl/α,β-unsaturated/α-hetero) is 1. The Hall–Kier alpha value is -0.850. The zero-order valence-corrected chi connectivity index (χ0v) is 8.48. The molecule has 0 aromatic rings. The Morgan fingerprint density at radius 1 is 1.08 bits per heavy atom. The summed E-state index contributed by atoms with van der Waals surface area (Å²) in [7, 11) is 0. The van der Waals surface area contributed by atoms with E-state index in [4.69, 9.17) is 0 Å². The first-order chi connectivity index (χ1) is 5.63. The first kappa shape index (κ1) is 11.2. The van der Waals surface area contributed by atoms with Gasteiger partial charge in [0.1, 0.15) is 0 Å². The van der Waals surface area contributed by atoms with Crippen molar-refractivity contribution >= 4 is 5.78 Å². The van der Waals surface area contributed by atoms with Crippen LogP contribution < -0.4 is 0 Å². The van der Waals surface area contributed by atoms with E-state index in [0.29, 0.717) is 0 Å². The molecule has 0 atom stereocenters. The minimum atomic E-state index is 0.166. The SMILES string of the molecule is CC/C=C(C)\C(=C/CC)C(C)=O. The molecule has 0 aromatic carbocycles. The average molecular weight is 166 g/mol. The Bertz CT molecular complexity index is 209. The van der Waals surface area contributed by atoms with Crippen molar-refractivity contribution in [2.75, 3.05) is 0 Å². The van der Waals surface area contributed by atoms with E-state index >= 15 is 0 Å². The second-order valence-electron chi connectivity index (χ2n) is 2.88. The lowest BCUT2D eigenvalue weighted by Gasteiger charge is -2.02. The lowest BCUT2D eigenvalue weighted by molar-refractivity contribution is -0.113. The van der Waals surface area contributed by atoms with E-state index in [0.717, 1.165) is 24.0 Å². The van der Waals surface area contributed by atoms with Gasteiger partial charge in [-0.2, -0.15) is 0 Å². The van der Waals surface area contributed by atoms with Crippen LogP contribution in [0.1, 0.15) is 40.5 Å². The first-order valence-corrected chi connectivity index (χ1v) is 4.51. The van der Waals surface area contributed by atoms with Crippen molar-refractivity contribution in [3.05, 3.63) is 23.3 Å². The molecular formula is C11H18O. The zero-order valence-electron chi connectivity index (χ0n) is 8.48. The summed E-state index contributed by atoms with van der Waals surface area (Å²) >= 11 is 0. The summed E-state index contributed by atoms with van der Waals surface area (Å²) in [6, 6.07) is 0. The van der Waals surface area contributed by atoms with Crippen LogP contribution in [0.5, 0.6) is 0 Å². The van der Waals surface area contributed by atoms with Gasteiger partial charge in [0.25, 0.3) is 0 Å². The Kier molecular flexibility index (Phi) is 5.35. The number of carbonyl (C=O) groups excluding carboxylic acids is 1. The van der Waals surface area contributed by atoms with Crippen LogP contribution in [0.25, 0.3) is 0 Å². The normalized spacial score (nSPS) is 13.3. The molecule has 0 saturated heterocycles. The van der Waals surface area contributed by atoms with E-state index < -0.39 is 0 Å². The third-order valence-corrected chi connectivity index (χ3v) is 1.72. The maximum absolute atomic E-state index is 11.1. The van der Waals surface area contributed by atoms with Gasteiger partial charge in [-0.25, -0.2) is 0 Å². The van der Waals surface area contributed by atoms with Gasteiger partial charge in [0.05, 0.1) is 0 Å². The van der Waals surface area contributed by atoms with Crippen LogP contribution in [0.15, 0.2) is 23.3 Å². The number of hydrogen-bond donors (Lipinski definition) is 0. The Labute approximate surface area is 75.2 Å². The third-order valence-electron chi connectivity index (χ3n) is 1.72. The van der Waals surface area contributed by atoms with Gasteiger partial charge < -0.3 is 0 Å². The fraction of sp³-hybridized carbons (Fsp3) is 0.545. The molecular weight excluding hydrogens is 148 g/mol. The molecule has 0 aliphatic heterocycles. The molecule has 68 valence electrons. The van der Waals surface area contributed by atoms with Gasteiger partial charge in [0.2, 0.25) is 0 Å². The molecule has 0 fully saturated rings. The highest BCUT2D eigenvalue weighted by atomic mass is 16.1. The summed E-state index contributed by atoms with van der Waals surface area (Å²) in [5, 5.41) is 0. The molecule has 12 heavy (non-hydrogen) atoms. The van der Waals surface area contributed by atoms with Crippen LogP contribution in [-0.4, -0.2) is 5.78 Å². The molecule has 0 heterocycles. The molecule has 0 saturated carbocycles. The van der Waals surface area contributed by atoms with Crippen molar-refractivity contribution in [1.29, 1.82) is 0 Å². The van der Waals surface area contributed by atoms with E-state index in [2.05, 4.69) is 13.0 Å². The van der Waals surface area contributed by atoms with Crippen LogP contribution in [0.3, 0.4) is 0 Å². The molecule has 1 nitrogen and oxygen atoms in total. The molecule has 0 spiro atoms. The summed E-state index contributed by atoms with van der Waals surface area (Å²) in [6.45, 7) is 7.73. The van der Waals surface area contributed by atoms with Crippen LogP contribution in [0.2, 0.25) is 0 Å². The average Bonchev–Trinajstić information content (AvgIpc) is 1.99. The van der Waals surface area contributed by atoms with Gasteiger partial charge in [-0.1, -0.05) is 26.0 Å². The number of hydrogen-bond acceptors (Lipinski definition) is 1. The summed E-state index contributed by atoms with van der Waals surface area (Å²) in [4.78, 5) is 11.1. The van der Waals surface area contributed by atoms with Crippen molar-refractivity contribution in [3.8, 4) is 0 Å². The molecule has 1 heteroatoms. The molecule has 0 aliphatic carbocycles. The van der Waals surface area contributed by atoms with E-state index in [1.54, 1.807) is 6.92 Å².